The summed E-state index contributed by atoms with van der Waals surface area (Å²) < 4.78 is 20.2. The molecule has 3 unspecified atom stereocenters. The smallest absolute Gasteiger partial charge is 0.310 e. The van der Waals surface area contributed by atoms with Gasteiger partial charge in [-0.25, -0.2) is 9.37 Å². The van der Waals surface area contributed by atoms with Crippen LogP contribution in [0.5, 0.6) is 5.75 Å². The van der Waals surface area contributed by atoms with Crippen molar-refractivity contribution >= 4 is 17.7 Å². The summed E-state index contributed by atoms with van der Waals surface area (Å²) in [7, 11) is 1.31. The normalized spacial score (nSPS) is 22.9. The molecule has 2 bridgehead atoms. The zero-order valence-corrected chi connectivity index (χ0v) is 18.6. The van der Waals surface area contributed by atoms with Crippen LogP contribution in [0, 0.1) is 5.82 Å². The molecule has 0 spiro atoms. The minimum Gasteiger partial charge on any atom is -0.501 e. The zero-order valence-electron chi connectivity index (χ0n) is 18.6. The third-order valence-electron chi connectivity index (χ3n) is 6.23. The van der Waals surface area contributed by atoms with Crippen LogP contribution in [0.4, 0.5) is 4.39 Å². The number of hydrogen-bond acceptors (Lipinski definition) is 7. The molecule has 4 N–H and O–H groups in total. The van der Waals surface area contributed by atoms with Crippen molar-refractivity contribution in [3.8, 4) is 5.75 Å². The van der Waals surface area contributed by atoms with Gasteiger partial charge in [0.2, 0.25) is 5.75 Å². The molecule has 3 amide bonds. The van der Waals surface area contributed by atoms with E-state index < -0.39 is 52.1 Å². The Hall–Kier alpha value is -3.80. The SMILES string of the molecule is CNC(=O)C(=O)NC12CCC(OC1)C(C)n1c2nc(C(=O)NCc2ccc(F)cc2)c(O)c1=O. The molecule has 1 aromatic heterocycles. The lowest BCUT2D eigenvalue weighted by atomic mass is 9.89. The molecule has 3 aliphatic heterocycles. The van der Waals surface area contributed by atoms with Crippen LogP contribution in [-0.4, -0.2) is 52.1 Å². The average molecular weight is 473 g/mol. The van der Waals surface area contributed by atoms with E-state index in [1.807, 2.05) is 0 Å². The van der Waals surface area contributed by atoms with Crippen LogP contribution < -0.4 is 21.5 Å². The lowest BCUT2D eigenvalue weighted by Crippen LogP contribution is -2.56. The summed E-state index contributed by atoms with van der Waals surface area (Å²) in [5, 5.41) is 17.9. The molecule has 0 radical (unpaired) electrons. The summed E-state index contributed by atoms with van der Waals surface area (Å²) in [4.78, 5) is 54.6. The summed E-state index contributed by atoms with van der Waals surface area (Å²) in [6.45, 7) is 1.64. The fourth-order valence-corrected chi connectivity index (χ4v) is 4.32. The summed E-state index contributed by atoms with van der Waals surface area (Å²) in [5.74, 6) is -3.92. The van der Waals surface area contributed by atoms with Gasteiger partial charge < -0.3 is 25.8 Å². The van der Waals surface area contributed by atoms with E-state index in [9.17, 15) is 28.7 Å². The maximum atomic E-state index is 13.2. The number of carbonyl (C=O) groups is 3. The predicted molar refractivity (Wildman–Crippen MR) is 115 cm³/mol. The van der Waals surface area contributed by atoms with Crippen LogP contribution in [0.1, 0.15) is 47.7 Å². The minimum atomic E-state index is -1.36. The molecule has 5 rings (SSSR count). The van der Waals surface area contributed by atoms with Crippen molar-refractivity contribution in [1.82, 2.24) is 25.5 Å². The number of aromatic hydroxyl groups is 1. The van der Waals surface area contributed by atoms with Gasteiger partial charge in [0.05, 0.1) is 18.8 Å². The van der Waals surface area contributed by atoms with E-state index >= 15 is 0 Å². The number of ether oxygens (including phenoxy) is 1. The van der Waals surface area contributed by atoms with Crippen molar-refractivity contribution in [1.29, 1.82) is 0 Å². The van der Waals surface area contributed by atoms with Gasteiger partial charge in [-0.15, -0.1) is 0 Å². The summed E-state index contributed by atoms with van der Waals surface area (Å²) in [6, 6.07) is 4.90. The van der Waals surface area contributed by atoms with Crippen LogP contribution in [0.3, 0.4) is 0 Å². The Bertz CT molecular complexity index is 1200. The van der Waals surface area contributed by atoms with Crippen molar-refractivity contribution in [3.05, 3.63) is 57.5 Å². The fraction of sp³-hybridized carbons (Fsp3) is 0.409. The molecule has 11 nitrogen and oxygen atoms in total. The number of amides is 3. The number of hydrogen-bond donors (Lipinski definition) is 4. The molecule has 3 atom stereocenters. The molecule has 0 aliphatic carbocycles. The molecule has 0 saturated carbocycles. The van der Waals surface area contributed by atoms with Gasteiger partial charge in [-0.2, -0.15) is 0 Å². The maximum Gasteiger partial charge on any atom is 0.310 e. The van der Waals surface area contributed by atoms with Crippen molar-refractivity contribution < 1.29 is 28.6 Å². The predicted octanol–water partition coefficient (Wildman–Crippen LogP) is -0.171. The third-order valence-corrected chi connectivity index (χ3v) is 6.23. The number of aromatic nitrogens is 2. The highest BCUT2D eigenvalue weighted by Gasteiger charge is 2.49. The molecule has 1 fully saturated rings. The molecule has 12 heteroatoms. The molecular weight excluding hydrogens is 449 g/mol. The Labute approximate surface area is 193 Å². The Balaban J connectivity index is 1.74. The maximum absolute atomic E-state index is 13.2. The van der Waals surface area contributed by atoms with Crippen LogP contribution >= 0.6 is 0 Å². The number of nitrogens with zero attached hydrogens (tertiary/aromatic N) is 2. The lowest BCUT2D eigenvalue weighted by molar-refractivity contribution is -0.142. The second-order valence-corrected chi connectivity index (χ2v) is 8.36. The monoisotopic (exact) mass is 473 g/mol. The highest BCUT2D eigenvalue weighted by Crippen LogP contribution is 2.40. The first-order valence-corrected chi connectivity index (χ1v) is 10.7. The number of rotatable bonds is 4. The van der Waals surface area contributed by atoms with E-state index in [1.54, 1.807) is 6.92 Å². The number of fused-ring (bicyclic) bond motifs is 2. The standard InChI is InChI=1S/C22H24FN5O6/c1-11-14-7-8-22(10-34-14,27-19(32)18(31)24-2)21-26-15(16(29)20(33)28(11)21)17(30)25-9-12-3-5-13(23)6-4-12/h3-6,11,14,29H,7-10H2,1-2H3,(H,24,31)(H,25,30)(H,27,32). The van der Waals surface area contributed by atoms with E-state index in [2.05, 4.69) is 20.9 Å². The molecular formula is C22H24FN5O6. The first kappa shape index (κ1) is 23.4. The number of halogens is 1. The average Bonchev–Trinajstić information content (AvgIpc) is 3.02. The second kappa shape index (κ2) is 8.86. The highest BCUT2D eigenvalue weighted by atomic mass is 19.1. The molecule has 180 valence electrons. The van der Waals surface area contributed by atoms with Crippen LogP contribution in [-0.2, 0) is 26.4 Å². The van der Waals surface area contributed by atoms with Crippen molar-refractivity contribution in [2.45, 2.75) is 44.0 Å². The minimum absolute atomic E-state index is 0.00120. The number of likely N-dealkylation sites (N-methyl/N-ethyl adjacent to an activating group) is 1. The van der Waals surface area contributed by atoms with Crippen LogP contribution in [0.2, 0.25) is 0 Å². The summed E-state index contributed by atoms with van der Waals surface area (Å²) >= 11 is 0. The molecule has 4 heterocycles. The molecule has 1 saturated heterocycles. The Kier molecular flexibility index (Phi) is 6.09. The number of carbonyl (C=O) groups excluding carboxylic acids is 3. The van der Waals surface area contributed by atoms with E-state index in [1.165, 1.54) is 35.9 Å². The molecule has 2 aromatic rings. The van der Waals surface area contributed by atoms with Gasteiger partial charge in [-0.3, -0.25) is 23.7 Å². The van der Waals surface area contributed by atoms with Crippen LogP contribution in [0.25, 0.3) is 0 Å². The van der Waals surface area contributed by atoms with E-state index in [0.29, 0.717) is 18.4 Å². The molecule has 34 heavy (non-hydrogen) atoms. The molecule has 1 aromatic carbocycles. The topological polar surface area (TPSA) is 152 Å². The number of nitrogens with one attached hydrogen (secondary N) is 3. The van der Waals surface area contributed by atoms with Gasteiger partial charge in [0, 0.05) is 13.6 Å². The lowest BCUT2D eigenvalue weighted by Gasteiger charge is -2.36. The van der Waals surface area contributed by atoms with E-state index in [0.717, 1.165) is 0 Å². The van der Waals surface area contributed by atoms with E-state index in [-0.39, 0.29) is 25.1 Å². The van der Waals surface area contributed by atoms with Crippen molar-refractivity contribution in [2.75, 3.05) is 13.7 Å². The van der Waals surface area contributed by atoms with Gasteiger partial charge in [0.15, 0.2) is 5.69 Å². The van der Waals surface area contributed by atoms with Gasteiger partial charge in [0.25, 0.3) is 11.5 Å². The van der Waals surface area contributed by atoms with Gasteiger partial charge in [-0.05, 0) is 37.5 Å². The van der Waals surface area contributed by atoms with Gasteiger partial charge in [-0.1, -0.05) is 12.1 Å². The Morgan fingerprint density at radius 1 is 1.26 bits per heavy atom. The largest absolute Gasteiger partial charge is 0.501 e. The zero-order chi connectivity index (χ0) is 24.6. The first-order chi connectivity index (χ1) is 16.2. The van der Waals surface area contributed by atoms with Crippen molar-refractivity contribution in [2.24, 2.45) is 0 Å². The Morgan fingerprint density at radius 2 is 1.97 bits per heavy atom. The Morgan fingerprint density at radius 3 is 2.59 bits per heavy atom. The van der Waals surface area contributed by atoms with Crippen molar-refractivity contribution in [3.63, 3.8) is 0 Å². The second-order valence-electron chi connectivity index (χ2n) is 8.36. The third kappa shape index (κ3) is 4.00. The summed E-state index contributed by atoms with van der Waals surface area (Å²) in [5.41, 5.74) is -2.15. The quantitative estimate of drug-likeness (QED) is 0.450. The highest BCUT2D eigenvalue weighted by molar-refractivity contribution is 6.35. The number of benzene rings is 1. The van der Waals surface area contributed by atoms with Gasteiger partial charge >= 0.3 is 11.8 Å². The first-order valence-electron chi connectivity index (χ1n) is 10.7. The molecule has 3 aliphatic rings. The fourth-order valence-electron chi connectivity index (χ4n) is 4.32. The van der Waals surface area contributed by atoms with Gasteiger partial charge in [0.1, 0.15) is 17.2 Å². The summed E-state index contributed by atoms with van der Waals surface area (Å²) in [6.07, 6.45) is 0.368. The van der Waals surface area contributed by atoms with Crippen LogP contribution in [0.15, 0.2) is 29.1 Å². The van der Waals surface area contributed by atoms with E-state index in [4.69, 9.17) is 4.74 Å².